The van der Waals surface area contributed by atoms with Gasteiger partial charge < -0.3 is 4.90 Å². The van der Waals surface area contributed by atoms with Gasteiger partial charge in [-0.15, -0.1) is 0 Å². The third-order valence-electron chi connectivity index (χ3n) is 4.35. The zero-order valence-corrected chi connectivity index (χ0v) is 13.2. The first-order valence-electron chi connectivity index (χ1n) is 7.94. The second-order valence-corrected chi connectivity index (χ2v) is 6.07. The number of hydrogen-bond acceptors (Lipinski definition) is 3. The number of pyridine rings is 1. The number of rotatable bonds is 2. The van der Waals surface area contributed by atoms with Gasteiger partial charge in [-0.2, -0.15) is 5.26 Å². The monoisotopic (exact) mass is 305 g/mol. The topological polar surface area (TPSA) is 57.0 Å². The molecule has 1 aromatic carbocycles. The summed E-state index contributed by atoms with van der Waals surface area (Å²) in [5.74, 6) is 0.699. The van der Waals surface area contributed by atoms with Crippen LogP contribution in [0.4, 0.5) is 0 Å². The van der Waals surface area contributed by atoms with Gasteiger partial charge in [0.05, 0.1) is 17.3 Å². The zero-order chi connectivity index (χ0) is 16.2. The maximum absolute atomic E-state index is 12.6. The Bertz CT molecular complexity index is 738. The van der Waals surface area contributed by atoms with E-state index in [1.807, 2.05) is 29.2 Å². The lowest BCUT2D eigenvalue weighted by atomic mass is 9.99. The molecule has 23 heavy (non-hydrogen) atoms. The van der Waals surface area contributed by atoms with Gasteiger partial charge in [0.15, 0.2) is 0 Å². The number of hydrogen-bond donors (Lipinski definition) is 0. The average molecular weight is 305 g/mol. The molecule has 0 saturated carbocycles. The fourth-order valence-electron chi connectivity index (χ4n) is 2.80. The van der Waals surface area contributed by atoms with Crippen LogP contribution in [-0.2, 0) is 0 Å². The molecule has 0 aliphatic carbocycles. The molecule has 0 N–H and O–H groups in total. The van der Waals surface area contributed by atoms with Gasteiger partial charge in [0.25, 0.3) is 5.91 Å². The summed E-state index contributed by atoms with van der Waals surface area (Å²) in [5.41, 5.74) is 2.77. The van der Waals surface area contributed by atoms with Gasteiger partial charge in [-0.25, -0.2) is 4.98 Å². The third-order valence-corrected chi connectivity index (χ3v) is 4.35. The van der Waals surface area contributed by atoms with E-state index in [2.05, 4.69) is 18.0 Å². The molecule has 1 aliphatic rings. The highest BCUT2D eigenvalue weighted by Gasteiger charge is 2.22. The number of nitriles is 1. The van der Waals surface area contributed by atoms with E-state index in [9.17, 15) is 4.79 Å². The van der Waals surface area contributed by atoms with Gasteiger partial charge in [-0.05, 0) is 43.0 Å². The van der Waals surface area contributed by atoms with Gasteiger partial charge in [0.1, 0.15) is 5.69 Å². The summed E-state index contributed by atoms with van der Waals surface area (Å²) in [6.45, 7) is 3.84. The molecule has 3 rings (SSSR count). The van der Waals surface area contributed by atoms with Crippen LogP contribution in [0.2, 0.25) is 0 Å². The van der Waals surface area contributed by atoms with Crippen molar-refractivity contribution >= 4 is 5.91 Å². The Kier molecular flexibility index (Phi) is 4.38. The first-order chi connectivity index (χ1) is 11.2. The van der Waals surface area contributed by atoms with Crippen LogP contribution >= 0.6 is 0 Å². The molecule has 0 bridgehead atoms. The van der Waals surface area contributed by atoms with Crippen LogP contribution in [0.1, 0.15) is 35.8 Å². The molecular formula is C19H19N3O. The molecule has 2 heterocycles. The molecule has 116 valence electrons. The van der Waals surface area contributed by atoms with Crippen molar-refractivity contribution in [2.45, 2.75) is 19.8 Å². The van der Waals surface area contributed by atoms with E-state index in [0.717, 1.165) is 37.2 Å². The highest BCUT2D eigenvalue weighted by Crippen LogP contribution is 2.20. The predicted octanol–water partition coefficient (Wildman–Crippen LogP) is 3.49. The number of likely N-dealkylation sites (tertiary alicyclic amines) is 1. The zero-order valence-electron chi connectivity index (χ0n) is 13.2. The van der Waals surface area contributed by atoms with E-state index in [-0.39, 0.29) is 5.91 Å². The number of aromatic nitrogens is 1. The highest BCUT2D eigenvalue weighted by molar-refractivity contribution is 5.93. The molecule has 0 radical (unpaired) electrons. The molecule has 4 nitrogen and oxygen atoms in total. The van der Waals surface area contributed by atoms with E-state index in [1.54, 1.807) is 18.2 Å². The summed E-state index contributed by atoms with van der Waals surface area (Å²) in [6.07, 6.45) is 2.11. The second kappa shape index (κ2) is 6.62. The number of carbonyl (C=O) groups is 1. The number of amides is 1. The van der Waals surface area contributed by atoms with Crippen LogP contribution in [0.15, 0.2) is 42.5 Å². The molecule has 1 aromatic heterocycles. The van der Waals surface area contributed by atoms with Crippen LogP contribution in [0.3, 0.4) is 0 Å². The van der Waals surface area contributed by atoms with Crippen LogP contribution in [0, 0.1) is 17.2 Å². The Morgan fingerprint density at radius 3 is 2.52 bits per heavy atom. The van der Waals surface area contributed by atoms with Gasteiger partial charge in [0.2, 0.25) is 0 Å². The normalized spacial score (nSPS) is 15.2. The summed E-state index contributed by atoms with van der Waals surface area (Å²) in [6, 6.07) is 14.9. The highest BCUT2D eigenvalue weighted by atomic mass is 16.2. The van der Waals surface area contributed by atoms with Crippen molar-refractivity contribution in [3.05, 3.63) is 53.7 Å². The van der Waals surface area contributed by atoms with Gasteiger partial charge in [-0.3, -0.25) is 4.79 Å². The Morgan fingerprint density at radius 1 is 1.17 bits per heavy atom. The van der Waals surface area contributed by atoms with Crippen molar-refractivity contribution in [2.24, 2.45) is 5.92 Å². The SMILES string of the molecule is CC1CCN(C(=O)c2cccc(-c3ccc(C#N)cc3)n2)CC1. The average Bonchev–Trinajstić information content (AvgIpc) is 2.62. The largest absolute Gasteiger partial charge is 0.337 e. The molecule has 0 spiro atoms. The first kappa shape index (κ1) is 15.2. The lowest BCUT2D eigenvalue weighted by molar-refractivity contribution is 0.0691. The molecule has 2 aromatic rings. The summed E-state index contributed by atoms with van der Waals surface area (Å²) in [5, 5.41) is 8.86. The summed E-state index contributed by atoms with van der Waals surface area (Å²) in [4.78, 5) is 19.0. The molecular weight excluding hydrogens is 286 g/mol. The standard InChI is InChI=1S/C19H19N3O/c1-14-9-11-22(12-10-14)19(23)18-4-2-3-17(21-18)16-7-5-15(13-20)6-8-16/h2-8,14H,9-12H2,1H3. The fourth-order valence-corrected chi connectivity index (χ4v) is 2.80. The summed E-state index contributed by atoms with van der Waals surface area (Å²) < 4.78 is 0. The van der Waals surface area contributed by atoms with Gasteiger partial charge in [-0.1, -0.05) is 25.1 Å². The van der Waals surface area contributed by atoms with E-state index in [0.29, 0.717) is 17.2 Å². The van der Waals surface area contributed by atoms with Crippen molar-refractivity contribution in [3.8, 4) is 17.3 Å². The lowest BCUT2D eigenvalue weighted by Crippen LogP contribution is -2.38. The van der Waals surface area contributed by atoms with Crippen LogP contribution in [0.25, 0.3) is 11.3 Å². The minimum Gasteiger partial charge on any atom is -0.337 e. The molecule has 1 saturated heterocycles. The van der Waals surface area contributed by atoms with Crippen molar-refractivity contribution in [2.75, 3.05) is 13.1 Å². The maximum atomic E-state index is 12.6. The van der Waals surface area contributed by atoms with E-state index < -0.39 is 0 Å². The molecule has 1 amide bonds. The van der Waals surface area contributed by atoms with Gasteiger partial charge >= 0.3 is 0 Å². The summed E-state index contributed by atoms with van der Waals surface area (Å²) >= 11 is 0. The predicted molar refractivity (Wildman–Crippen MR) is 88.7 cm³/mol. The maximum Gasteiger partial charge on any atom is 0.272 e. The molecule has 1 fully saturated rings. The minimum atomic E-state index is 0.00685. The summed E-state index contributed by atoms with van der Waals surface area (Å²) in [7, 11) is 0. The van der Waals surface area contributed by atoms with Crippen LogP contribution in [0.5, 0.6) is 0 Å². The molecule has 1 aliphatic heterocycles. The van der Waals surface area contributed by atoms with Crippen molar-refractivity contribution in [1.29, 1.82) is 5.26 Å². The Labute approximate surface area is 136 Å². The van der Waals surface area contributed by atoms with Gasteiger partial charge in [0, 0.05) is 18.7 Å². The minimum absolute atomic E-state index is 0.00685. The second-order valence-electron chi connectivity index (χ2n) is 6.07. The third kappa shape index (κ3) is 3.40. The number of piperidine rings is 1. The number of nitrogens with zero attached hydrogens (tertiary/aromatic N) is 3. The molecule has 0 unspecified atom stereocenters. The Hall–Kier alpha value is -2.67. The first-order valence-corrected chi connectivity index (χ1v) is 7.94. The van der Waals surface area contributed by atoms with E-state index >= 15 is 0 Å². The fraction of sp³-hybridized carbons (Fsp3) is 0.316. The lowest BCUT2D eigenvalue weighted by Gasteiger charge is -2.30. The van der Waals surface area contributed by atoms with Crippen LogP contribution in [-0.4, -0.2) is 28.9 Å². The van der Waals surface area contributed by atoms with Crippen LogP contribution < -0.4 is 0 Å². The number of carbonyl (C=O) groups excluding carboxylic acids is 1. The smallest absolute Gasteiger partial charge is 0.272 e. The van der Waals surface area contributed by atoms with Crippen molar-refractivity contribution < 1.29 is 4.79 Å². The van der Waals surface area contributed by atoms with E-state index in [4.69, 9.17) is 5.26 Å². The molecule has 4 heteroatoms. The number of benzene rings is 1. The van der Waals surface area contributed by atoms with E-state index in [1.165, 1.54) is 0 Å². The Morgan fingerprint density at radius 2 is 1.87 bits per heavy atom. The molecule has 0 atom stereocenters. The quantitative estimate of drug-likeness (QED) is 0.853. The van der Waals surface area contributed by atoms with Crippen molar-refractivity contribution in [1.82, 2.24) is 9.88 Å². The Balaban J connectivity index is 1.81. The van der Waals surface area contributed by atoms with Crippen molar-refractivity contribution in [3.63, 3.8) is 0 Å².